The molecule has 0 nitrogen and oxygen atoms in total. The van der Waals surface area contributed by atoms with E-state index in [1.165, 1.54) is 66.8 Å². The fraction of sp³-hybridized carbons (Fsp3) is 0.385. The molecule has 0 atom stereocenters. The van der Waals surface area contributed by atoms with Gasteiger partial charge in [-0.15, -0.1) is 28.8 Å². The Balaban J connectivity index is 0.00000205. The Morgan fingerprint density at radius 1 is 0.571 bits per heavy atom. The average molecular weight is 676 g/mol. The summed E-state index contributed by atoms with van der Waals surface area (Å²) in [7, 11) is 0. The maximum absolute atomic E-state index is 4.01. The zero-order valence-electron chi connectivity index (χ0n) is 27.0. The normalized spacial score (nSPS) is 12.3. The van der Waals surface area contributed by atoms with E-state index in [1.807, 2.05) is 0 Å². The van der Waals surface area contributed by atoms with Crippen LogP contribution in [0.4, 0.5) is 0 Å². The maximum Gasteiger partial charge on any atom is 3.00 e. The van der Waals surface area contributed by atoms with E-state index in [4.69, 9.17) is 0 Å². The second-order valence-corrected chi connectivity index (χ2v) is 14.2. The van der Waals surface area contributed by atoms with Gasteiger partial charge in [-0.2, -0.15) is 0 Å². The van der Waals surface area contributed by atoms with Crippen molar-refractivity contribution < 1.29 is 51.0 Å². The minimum atomic E-state index is 0. The van der Waals surface area contributed by atoms with Gasteiger partial charge in [0.05, 0.1) is 0 Å². The first kappa shape index (κ1) is 36.5. The standard InChI is InChI=1S/C39H45.2ClH.Zr/c1-24(2)28-15-11-13-17-30(28)34-20-26-19-27-21-35(31-18-14-12-16-29(31)25(3)4)37(39(8,9)10)23-33(27)32(26)22-36(34)38(5,6)7;;;/h11-18,20,22-25H,19H2,1-10H3;2*1H;/q-1;;;+3/p-2. The van der Waals surface area contributed by atoms with E-state index in [2.05, 4.69) is 142 Å². The molecule has 0 heterocycles. The van der Waals surface area contributed by atoms with Gasteiger partial charge < -0.3 is 24.8 Å². The predicted octanol–water partition coefficient (Wildman–Crippen LogP) is 5.24. The van der Waals surface area contributed by atoms with E-state index < -0.39 is 0 Å². The zero-order valence-corrected chi connectivity index (χ0v) is 30.9. The van der Waals surface area contributed by atoms with E-state index in [1.54, 1.807) is 0 Å². The quantitative estimate of drug-likeness (QED) is 0.229. The minimum absolute atomic E-state index is 0. The Hall–Kier alpha value is -1.66. The summed E-state index contributed by atoms with van der Waals surface area (Å²) in [5, 5.41) is 0. The number of rotatable bonds is 4. The van der Waals surface area contributed by atoms with Crippen LogP contribution in [0.15, 0.2) is 66.7 Å². The van der Waals surface area contributed by atoms with Crippen LogP contribution in [0.5, 0.6) is 0 Å². The number of benzene rings is 4. The number of fused-ring (bicyclic) bond motifs is 3. The van der Waals surface area contributed by atoms with Gasteiger partial charge in [0.25, 0.3) is 0 Å². The predicted molar refractivity (Wildman–Crippen MR) is 170 cm³/mol. The minimum Gasteiger partial charge on any atom is -1.00 e. The Morgan fingerprint density at radius 2 is 1.05 bits per heavy atom. The van der Waals surface area contributed by atoms with Gasteiger partial charge in [-0.1, -0.05) is 152 Å². The Bertz CT molecular complexity index is 1430. The number of hydrogen-bond acceptors (Lipinski definition) is 0. The second-order valence-electron chi connectivity index (χ2n) is 14.2. The summed E-state index contributed by atoms with van der Waals surface area (Å²) < 4.78 is 0. The molecule has 0 aliphatic heterocycles. The summed E-state index contributed by atoms with van der Waals surface area (Å²) >= 11 is 0. The van der Waals surface area contributed by atoms with Crippen molar-refractivity contribution in [3.8, 4) is 33.4 Å². The van der Waals surface area contributed by atoms with Crippen LogP contribution in [-0.4, -0.2) is 0 Å². The molecule has 1 aliphatic carbocycles. The molecule has 0 aromatic heterocycles. The van der Waals surface area contributed by atoms with Crippen LogP contribution in [0.1, 0.15) is 114 Å². The molecule has 0 N–H and O–H groups in total. The molecule has 219 valence electrons. The van der Waals surface area contributed by atoms with Crippen LogP contribution in [0.2, 0.25) is 0 Å². The Kier molecular flexibility index (Phi) is 11.8. The van der Waals surface area contributed by atoms with E-state index in [-0.39, 0.29) is 61.8 Å². The van der Waals surface area contributed by atoms with Crippen molar-refractivity contribution >= 4 is 0 Å². The molecule has 42 heavy (non-hydrogen) atoms. The number of halogens is 2. The fourth-order valence-corrected chi connectivity index (χ4v) is 6.32. The van der Waals surface area contributed by atoms with Crippen LogP contribution >= 0.6 is 0 Å². The van der Waals surface area contributed by atoms with Gasteiger partial charge in [0.1, 0.15) is 0 Å². The molecule has 0 bridgehead atoms. The topological polar surface area (TPSA) is 0 Å². The molecule has 3 heteroatoms. The van der Waals surface area contributed by atoms with Crippen LogP contribution in [0, 0.1) is 6.07 Å². The fourth-order valence-electron chi connectivity index (χ4n) is 6.32. The molecule has 0 spiro atoms. The summed E-state index contributed by atoms with van der Waals surface area (Å²) in [6.07, 6.45) is 0.938. The van der Waals surface area contributed by atoms with E-state index in [0.717, 1.165) is 6.42 Å². The van der Waals surface area contributed by atoms with Crippen molar-refractivity contribution in [3.05, 3.63) is 106 Å². The molecule has 0 fully saturated rings. The average Bonchev–Trinajstić information content (AvgIpc) is 3.22. The van der Waals surface area contributed by atoms with Crippen molar-refractivity contribution in [1.29, 1.82) is 0 Å². The van der Waals surface area contributed by atoms with Gasteiger partial charge in [0.15, 0.2) is 0 Å². The molecule has 1 radical (unpaired) electrons. The van der Waals surface area contributed by atoms with Crippen LogP contribution in [0.25, 0.3) is 33.4 Å². The van der Waals surface area contributed by atoms with E-state index in [0.29, 0.717) is 11.8 Å². The third-order valence-electron chi connectivity index (χ3n) is 8.40. The van der Waals surface area contributed by atoms with Crippen molar-refractivity contribution in [1.82, 2.24) is 0 Å². The molecule has 0 saturated heterocycles. The van der Waals surface area contributed by atoms with E-state index >= 15 is 0 Å². The summed E-state index contributed by atoms with van der Waals surface area (Å²) in [4.78, 5) is 0. The first-order valence-corrected chi connectivity index (χ1v) is 14.7. The summed E-state index contributed by atoms with van der Waals surface area (Å²) in [6.45, 7) is 23.3. The molecule has 0 unspecified atom stereocenters. The van der Waals surface area contributed by atoms with Crippen LogP contribution in [-0.2, 0) is 43.5 Å². The summed E-state index contributed by atoms with van der Waals surface area (Å²) in [5.41, 5.74) is 16.6. The zero-order chi connectivity index (χ0) is 28.3. The van der Waals surface area contributed by atoms with Gasteiger partial charge in [0.2, 0.25) is 0 Å². The smallest absolute Gasteiger partial charge is 1.00 e. The molecule has 4 aromatic rings. The van der Waals surface area contributed by atoms with Crippen molar-refractivity contribution in [3.63, 3.8) is 0 Å². The summed E-state index contributed by atoms with van der Waals surface area (Å²) in [5.74, 6) is 0.941. The first-order valence-electron chi connectivity index (χ1n) is 14.7. The third-order valence-corrected chi connectivity index (χ3v) is 8.40. The van der Waals surface area contributed by atoms with Gasteiger partial charge >= 0.3 is 26.2 Å². The van der Waals surface area contributed by atoms with E-state index in [9.17, 15) is 0 Å². The molecule has 1 aliphatic rings. The van der Waals surface area contributed by atoms with Gasteiger partial charge in [0, 0.05) is 0 Å². The van der Waals surface area contributed by atoms with Crippen molar-refractivity contribution in [2.45, 2.75) is 98.3 Å². The second kappa shape index (κ2) is 13.5. The first-order chi connectivity index (χ1) is 18.3. The van der Waals surface area contributed by atoms with Gasteiger partial charge in [-0.25, -0.2) is 0 Å². The molecule has 0 saturated carbocycles. The van der Waals surface area contributed by atoms with Crippen LogP contribution < -0.4 is 24.8 Å². The Labute approximate surface area is 287 Å². The van der Waals surface area contributed by atoms with Crippen molar-refractivity contribution in [2.75, 3.05) is 0 Å². The maximum atomic E-state index is 4.01. The van der Waals surface area contributed by atoms with Gasteiger partial charge in [-0.05, 0) is 56.9 Å². The molecular formula is C39H45Cl2Zr. The monoisotopic (exact) mass is 673 g/mol. The molecular weight excluding hydrogens is 631 g/mol. The molecule has 0 amide bonds. The van der Waals surface area contributed by atoms with Gasteiger partial charge in [-0.3, -0.25) is 0 Å². The number of hydrogen-bond donors (Lipinski definition) is 0. The molecule has 5 rings (SSSR count). The Morgan fingerprint density at radius 3 is 1.57 bits per heavy atom. The van der Waals surface area contributed by atoms with Crippen LogP contribution in [0.3, 0.4) is 0 Å². The SMILES string of the molecule is CC(C)c1ccccc1-c1[c-]c2c(cc1C(C)(C)C)-c1cc(C(C)(C)C)c(-c3ccccc3C(C)C)cc1C2.[Cl-].[Cl-].[Zr+3]. The summed E-state index contributed by atoms with van der Waals surface area (Å²) in [6, 6.07) is 29.4. The third kappa shape index (κ3) is 6.85. The largest absolute Gasteiger partial charge is 3.00 e. The van der Waals surface area contributed by atoms with Crippen molar-refractivity contribution in [2.24, 2.45) is 0 Å². The molecule has 4 aromatic carbocycles.